The van der Waals surface area contributed by atoms with Crippen molar-refractivity contribution >= 4 is 11.9 Å². The van der Waals surface area contributed by atoms with Crippen LogP contribution in [0.25, 0.3) is 0 Å². The van der Waals surface area contributed by atoms with Crippen molar-refractivity contribution in [3.8, 4) is 0 Å². The SMILES string of the molecule is CC1C2CC(C1C(=O)OC[C@@H]1C(=O)O[C@@H]3C=CC[C@H]13)C1C3C=CC(C3)C21. The maximum Gasteiger partial charge on any atom is 0.313 e. The lowest BCUT2D eigenvalue weighted by molar-refractivity contribution is -0.157. The van der Waals surface area contributed by atoms with Crippen LogP contribution in [0.2, 0.25) is 0 Å². The van der Waals surface area contributed by atoms with E-state index in [4.69, 9.17) is 9.47 Å². The maximum atomic E-state index is 13.0. The summed E-state index contributed by atoms with van der Waals surface area (Å²) in [5, 5.41) is 0. The summed E-state index contributed by atoms with van der Waals surface area (Å²) >= 11 is 0. The van der Waals surface area contributed by atoms with E-state index in [0.717, 1.165) is 18.3 Å². The van der Waals surface area contributed by atoms with Crippen molar-refractivity contribution in [3.05, 3.63) is 24.3 Å². The summed E-state index contributed by atoms with van der Waals surface area (Å²) in [6, 6.07) is 0. The van der Waals surface area contributed by atoms with E-state index in [1.165, 1.54) is 12.8 Å². The Morgan fingerprint density at radius 3 is 2.69 bits per heavy atom. The van der Waals surface area contributed by atoms with Gasteiger partial charge in [0.2, 0.25) is 0 Å². The summed E-state index contributed by atoms with van der Waals surface area (Å²) in [5.74, 6) is 4.20. The Hall–Kier alpha value is -1.58. The number of fused-ring (bicyclic) bond motifs is 10. The molecule has 1 heterocycles. The van der Waals surface area contributed by atoms with Crippen molar-refractivity contribution in [1.82, 2.24) is 0 Å². The van der Waals surface area contributed by atoms with Gasteiger partial charge in [-0.2, -0.15) is 0 Å². The van der Waals surface area contributed by atoms with Crippen molar-refractivity contribution in [2.45, 2.75) is 32.3 Å². The van der Waals surface area contributed by atoms with Crippen molar-refractivity contribution < 1.29 is 19.1 Å². The van der Waals surface area contributed by atoms with E-state index < -0.39 is 0 Å². The molecule has 0 amide bonds. The summed E-state index contributed by atoms with van der Waals surface area (Å²) in [7, 11) is 0. The minimum atomic E-state index is -0.286. The Bertz CT molecular complexity index is 724. The Balaban J connectivity index is 1.15. The summed E-state index contributed by atoms with van der Waals surface area (Å²) in [4.78, 5) is 25.1. The minimum absolute atomic E-state index is 0.0314. The molecule has 0 aromatic rings. The number of carbonyl (C=O) groups is 2. The van der Waals surface area contributed by atoms with Gasteiger partial charge in [-0.15, -0.1) is 0 Å². The van der Waals surface area contributed by atoms with Crippen molar-refractivity contribution in [2.75, 3.05) is 6.61 Å². The predicted molar refractivity (Wildman–Crippen MR) is 93.5 cm³/mol. The third-order valence-electron chi connectivity index (χ3n) is 8.72. The molecule has 6 aliphatic rings. The highest BCUT2D eigenvalue weighted by Gasteiger charge is 2.65. The molecule has 5 aliphatic carbocycles. The Morgan fingerprint density at radius 2 is 1.88 bits per heavy atom. The molecular formula is C22H26O4. The Kier molecular flexibility index (Phi) is 3.12. The van der Waals surface area contributed by atoms with E-state index in [1.807, 2.05) is 6.08 Å². The zero-order valence-corrected chi connectivity index (χ0v) is 15.1. The molecular weight excluding hydrogens is 328 g/mol. The molecule has 0 spiro atoms. The van der Waals surface area contributed by atoms with E-state index in [-0.39, 0.29) is 42.4 Å². The van der Waals surface area contributed by atoms with Gasteiger partial charge in [-0.1, -0.05) is 25.2 Å². The zero-order chi connectivity index (χ0) is 17.6. The molecule has 8 unspecified atom stereocenters. The lowest BCUT2D eigenvalue weighted by Crippen LogP contribution is -2.40. The number of allylic oxidation sites excluding steroid dienone is 3. The standard InChI is InChI=1S/C22H26O4/c1-10-14-8-15(20-12-6-5-11(7-12)19(14)20)18(10)22(24)25-9-16-13-3-2-4-17(13)26-21(16)23/h2,4-6,10-20H,3,7-9H2,1H3/t10?,11?,12?,13-,14?,15?,16+,17-,18?,19?,20?/m1/s1. The molecule has 4 nitrogen and oxygen atoms in total. The normalized spacial score (nSPS) is 54.7. The van der Waals surface area contributed by atoms with Crippen molar-refractivity contribution in [1.29, 1.82) is 0 Å². The van der Waals surface area contributed by atoms with Crippen LogP contribution < -0.4 is 0 Å². The molecule has 11 atom stereocenters. The van der Waals surface area contributed by atoms with E-state index in [9.17, 15) is 9.59 Å². The highest BCUT2D eigenvalue weighted by molar-refractivity contribution is 5.78. The van der Waals surface area contributed by atoms with Gasteiger partial charge >= 0.3 is 11.9 Å². The van der Waals surface area contributed by atoms with Crippen LogP contribution in [0.1, 0.15) is 26.2 Å². The van der Waals surface area contributed by atoms with Crippen LogP contribution in [-0.4, -0.2) is 24.6 Å². The van der Waals surface area contributed by atoms with Gasteiger partial charge in [-0.25, -0.2) is 0 Å². The lowest BCUT2D eigenvalue weighted by Gasteiger charge is -2.39. The second-order valence-corrected chi connectivity index (χ2v) is 9.52. The molecule has 26 heavy (non-hydrogen) atoms. The molecule has 1 aliphatic heterocycles. The first kappa shape index (κ1) is 15.5. The summed E-state index contributed by atoms with van der Waals surface area (Å²) < 4.78 is 11.1. The van der Waals surface area contributed by atoms with Gasteiger partial charge in [-0.05, 0) is 66.8 Å². The first-order chi connectivity index (χ1) is 12.6. The van der Waals surface area contributed by atoms with Crippen LogP contribution in [0.4, 0.5) is 0 Å². The fourth-order valence-corrected chi connectivity index (χ4v) is 7.75. The lowest BCUT2D eigenvalue weighted by atomic mass is 9.65. The summed E-state index contributed by atoms with van der Waals surface area (Å²) in [6.45, 7) is 2.45. The molecule has 138 valence electrons. The third-order valence-corrected chi connectivity index (χ3v) is 8.72. The smallest absolute Gasteiger partial charge is 0.313 e. The molecule has 4 heteroatoms. The van der Waals surface area contributed by atoms with Crippen LogP contribution in [0, 0.1) is 59.2 Å². The average Bonchev–Trinajstić information content (AvgIpc) is 3.40. The topological polar surface area (TPSA) is 52.6 Å². The number of esters is 2. The van der Waals surface area contributed by atoms with Gasteiger partial charge in [0.15, 0.2) is 0 Å². The molecule has 6 rings (SSSR count). The number of carbonyl (C=O) groups excluding carboxylic acids is 2. The fraction of sp³-hybridized carbons (Fsp3) is 0.727. The Morgan fingerprint density at radius 1 is 1.12 bits per heavy atom. The molecule has 0 N–H and O–H groups in total. The van der Waals surface area contributed by atoms with E-state index in [0.29, 0.717) is 29.6 Å². The zero-order valence-electron chi connectivity index (χ0n) is 15.1. The molecule has 0 aromatic heterocycles. The summed E-state index contributed by atoms with van der Waals surface area (Å²) in [6.07, 6.45) is 12.1. The first-order valence-electron chi connectivity index (χ1n) is 10.4. The van der Waals surface area contributed by atoms with Crippen LogP contribution >= 0.6 is 0 Å². The van der Waals surface area contributed by atoms with Crippen molar-refractivity contribution in [2.24, 2.45) is 59.2 Å². The van der Waals surface area contributed by atoms with E-state index >= 15 is 0 Å². The van der Waals surface area contributed by atoms with Crippen LogP contribution in [0.5, 0.6) is 0 Å². The number of hydrogen-bond donors (Lipinski definition) is 0. The quantitative estimate of drug-likeness (QED) is 0.444. The van der Waals surface area contributed by atoms with E-state index in [2.05, 4.69) is 25.2 Å². The monoisotopic (exact) mass is 354 g/mol. The highest BCUT2D eigenvalue weighted by atomic mass is 16.6. The van der Waals surface area contributed by atoms with Gasteiger partial charge in [-0.3, -0.25) is 9.59 Å². The van der Waals surface area contributed by atoms with Gasteiger partial charge in [0.25, 0.3) is 0 Å². The van der Waals surface area contributed by atoms with E-state index in [1.54, 1.807) is 0 Å². The number of ether oxygens (including phenoxy) is 2. The van der Waals surface area contributed by atoms with Crippen LogP contribution in [-0.2, 0) is 19.1 Å². The predicted octanol–water partition coefficient (Wildman–Crippen LogP) is 2.99. The first-order valence-corrected chi connectivity index (χ1v) is 10.4. The van der Waals surface area contributed by atoms with Crippen LogP contribution in [0.3, 0.4) is 0 Å². The van der Waals surface area contributed by atoms with Crippen molar-refractivity contribution in [3.63, 3.8) is 0 Å². The average molecular weight is 354 g/mol. The van der Waals surface area contributed by atoms with Gasteiger partial charge in [0, 0.05) is 5.92 Å². The third kappa shape index (κ3) is 1.86. The second kappa shape index (κ2) is 5.24. The largest absolute Gasteiger partial charge is 0.465 e. The highest BCUT2D eigenvalue weighted by Crippen LogP contribution is 2.68. The molecule has 4 fully saturated rings. The maximum absolute atomic E-state index is 13.0. The second-order valence-electron chi connectivity index (χ2n) is 9.52. The minimum Gasteiger partial charge on any atom is -0.465 e. The molecule has 0 aromatic carbocycles. The molecule has 1 saturated heterocycles. The Labute approximate surface area is 154 Å². The summed E-state index contributed by atoms with van der Waals surface area (Å²) in [5.41, 5.74) is 0. The number of rotatable bonds is 3. The molecule has 3 saturated carbocycles. The molecule has 0 radical (unpaired) electrons. The number of hydrogen-bond acceptors (Lipinski definition) is 4. The van der Waals surface area contributed by atoms with Gasteiger partial charge < -0.3 is 9.47 Å². The fourth-order valence-electron chi connectivity index (χ4n) is 7.75. The van der Waals surface area contributed by atoms with Crippen LogP contribution in [0.15, 0.2) is 24.3 Å². The molecule has 4 bridgehead atoms. The van der Waals surface area contributed by atoms with Gasteiger partial charge in [0.1, 0.15) is 12.7 Å². The van der Waals surface area contributed by atoms with Gasteiger partial charge in [0.05, 0.1) is 11.8 Å².